The second-order valence-corrected chi connectivity index (χ2v) is 6.53. The van der Waals surface area contributed by atoms with E-state index in [1.807, 2.05) is 19.9 Å². The number of carbonyl (C=O) groups excluding carboxylic acids is 1. The minimum Gasteiger partial charge on any atom is -0.406 e. The number of hydrogen-bond donors (Lipinski definition) is 0. The Morgan fingerprint density at radius 2 is 1.85 bits per heavy atom. The summed E-state index contributed by atoms with van der Waals surface area (Å²) in [5.74, 6) is -0.309. The molecule has 0 spiro atoms. The number of fused-ring (bicyclic) bond motifs is 1. The first kappa shape index (κ1) is 18.3. The molecule has 2 aromatic carbocycles. The molecule has 0 aliphatic carbocycles. The predicted molar refractivity (Wildman–Crippen MR) is 92.0 cm³/mol. The summed E-state index contributed by atoms with van der Waals surface area (Å²) in [5, 5.41) is 0. The maximum absolute atomic E-state index is 12.8. The molecule has 6 heteroatoms. The fourth-order valence-electron chi connectivity index (χ4n) is 3.42. The lowest BCUT2D eigenvalue weighted by atomic mass is 9.99. The van der Waals surface area contributed by atoms with Crippen LogP contribution in [-0.2, 0) is 13.0 Å². The Hall–Kier alpha value is -2.50. The molecule has 3 nitrogen and oxygen atoms in total. The molecule has 0 bridgehead atoms. The third kappa shape index (κ3) is 3.54. The van der Waals surface area contributed by atoms with Crippen LogP contribution in [0.4, 0.5) is 13.2 Å². The van der Waals surface area contributed by atoms with E-state index in [1.54, 1.807) is 17.0 Å². The monoisotopic (exact) mass is 363 g/mol. The van der Waals surface area contributed by atoms with Crippen molar-refractivity contribution in [3.63, 3.8) is 0 Å². The third-order valence-corrected chi connectivity index (χ3v) is 4.76. The Kier molecular flexibility index (Phi) is 4.69. The molecule has 0 aromatic heterocycles. The van der Waals surface area contributed by atoms with Gasteiger partial charge in [-0.1, -0.05) is 31.2 Å². The van der Waals surface area contributed by atoms with Crippen molar-refractivity contribution in [1.82, 2.24) is 4.90 Å². The Labute approximate surface area is 150 Å². The predicted octanol–water partition coefficient (Wildman–Crippen LogP) is 5.17. The Morgan fingerprint density at radius 3 is 2.42 bits per heavy atom. The van der Waals surface area contributed by atoms with E-state index in [0.717, 1.165) is 28.7 Å². The van der Waals surface area contributed by atoms with Crippen molar-refractivity contribution >= 4 is 5.91 Å². The molecule has 1 aliphatic heterocycles. The number of ether oxygens (including phenoxy) is 1. The molecule has 1 atom stereocenters. The van der Waals surface area contributed by atoms with Crippen molar-refractivity contribution in [2.24, 2.45) is 0 Å². The first-order chi connectivity index (χ1) is 12.2. The minimum absolute atomic E-state index is 0.0386. The largest absolute Gasteiger partial charge is 0.573 e. The Balaban J connectivity index is 1.82. The van der Waals surface area contributed by atoms with Crippen molar-refractivity contribution in [1.29, 1.82) is 0 Å². The normalized spacial score (nSPS) is 15.2. The molecule has 0 saturated carbocycles. The van der Waals surface area contributed by atoms with Crippen LogP contribution in [-0.4, -0.2) is 17.2 Å². The third-order valence-electron chi connectivity index (χ3n) is 4.76. The number of benzene rings is 2. The van der Waals surface area contributed by atoms with Crippen LogP contribution in [0, 0.1) is 6.92 Å². The number of amides is 1. The second kappa shape index (κ2) is 6.67. The lowest BCUT2D eigenvalue weighted by Gasteiger charge is -2.25. The molecule has 0 saturated heterocycles. The number of halogens is 3. The molecule has 1 unspecified atom stereocenters. The lowest BCUT2D eigenvalue weighted by molar-refractivity contribution is -0.274. The molecule has 0 radical (unpaired) electrons. The number of nitrogens with zero attached hydrogens (tertiary/aromatic N) is 1. The van der Waals surface area contributed by atoms with Crippen LogP contribution in [0.2, 0.25) is 0 Å². The topological polar surface area (TPSA) is 29.5 Å². The summed E-state index contributed by atoms with van der Waals surface area (Å²) in [7, 11) is 0. The summed E-state index contributed by atoms with van der Waals surface area (Å²) in [5.41, 5.74) is 4.67. The molecule has 26 heavy (non-hydrogen) atoms. The summed E-state index contributed by atoms with van der Waals surface area (Å²) < 4.78 is 40.7. The zero-order chi connectivity index (χ0) is 19.1. The van der Waals surface area contributed by atoms with Gasteiger partial charge in [-0.25, -0.2) is 0 Å². The molecule has 3 rings (SSSR count). The summed E-state index contributed by atoms with van der Waals surface area (Å²) >= 11 is 0. The quantitative estimate of drug-likeness (QED) is 0.750. The van der Waals surface area contributed by atoms with Crippen LogP contribution in [0.1, 0.15) is 52.5 Å². The maximum atomic E-state index is 12.8. The van der Waals surface area contributed by atoms with Gasteiger partial charge in [-0.15, -0.1) is 13.2 Å². The highest BCUT2D eigenvalue weighted by Gasteiger charge is 2.33. The van der Waals surface area contributed by atoms with Crippen LogP contribution >= 0.6 is 0 Å². The molecular weight excluding hydrogens is 343 g/mol. The van der Waals surface area contributed by atoms with Gasteiger partial charge >= 0.3 is 6.36 Å². The highest BCUT2D eigenvalue weighted by molar-refractivity contribution is 6.00. The van der Waals surface area contributed by atoms with E-state index in [0.29, 0.717) is 6.54 Å². The van der Waals surface area contributed by atoms with Gasteiger partial charge in [0, 0.05) is 12.1 Å². The summed E-state index contributed by atoms with van der Waals surface area (Å²) in [6, 6.07) is 9.51. The lowest BCUT2D eigenvalue weighted by Crippen LogP contribution is -2.27. The average molecular weight is 363 g/mol. The van der Waals surface area contributed by atoms with E-state index < -0.39 is 6.36 Å². The van der Waals surface area contributed by atoms with Gasteiger partial charge in [0.15, 0.2) is 0 Å². The zero-order valence-corrected chi connectivity index (χ0v) is 14.9. The summed E-state index contributed by atoms with van der Waals surface area (Å²) in [4.78, 5) is 14.6. The van der Waals surface area contributed by atoms with E-state index >= 15 is 0 Å². The molecular formula is C20H20F3NO2. The zero-order valence-electron chi connectivity index (χ0n) is 14.9. The van der Waals surface area contributed by atoms with Gasteiger partial charge in [0.25, 0.3) is 5.91 Å². The van der Waals surface area contributed by atoms with Gasteiger partial charge in [-0.2, -0.15) is 0 Å². The van der Waals surface area contributed by atoms with Gasteiger partial charge in [0.1, 0.15) is 5.75 Å². The number of alkyl halides is 3. The van der Waals surface area contributed by atoms with E-state index in [1.165, 1.54) is 17.7 Å². The van der Waals surface area contributed by atoms with Crippen LogP contribution in [0.5, 0.6) is 5.75 Å². The van der Waals surface area contributed by atoms with Crippen molar-refractivity contribution in [2.45, 2.75) is 46.1 Å². The molecule has 2 aromatic rings. The first-order valence-electron chi connectivity index (χ1n) is 8.48. The van der Waals surface area contributed by atoms with Crippen LogP contribution < -0.4 is 4.74 Å². The molecule has 0 N–H and O–H groups in total. The van der Waals surface area contributed by atoms with Crippen molar-refractivity contribution in [3.05, 3.63) is 64.2 Å². The highest BCUT2D eigenvalue weighted by atomic mass is 19.4. The number of carbonyl (C=O) groups is 1. The van der Waals surface area contributed by atoms with E-state index in [-0.39, 0.29) is 17.7 Å². The number of hydrogen-bond acceptors (Lipinski definition) is 2. The summed E-state index contributed by atoms with van der Waals surface area (Å²) in [6.07, 6.45) is -3.81. The van der Waals surface area contributed by atoms with Crippen LogP contribution in [0.15, 0.2) is 36.4 Å². The van der Waals surface area contributed by atoms with Gasteiger partial charge in [-0.05, 0) is 54.7 Å². The van der Waals surface area contributed by atoms with Gasteiger partial charge in [0.2, 0.25) is 0 Å². The average Bonchev–Trinajstić information content (AvgIpc) is 2.90. The molecule has 1 aliphatic rings. The molecule has 1 heterocycles. The van der Waals surface area contributed by atoms with Crippen molar-refractivity contribution in [3.8, 4) is 5.75 Å². The second-order valence-electron chi connectivity index (χ2n) is 6.53. The molecule has 1 amide bonds. The fourth-order valence-corrected chi connectivity index (χ4v) is 3.42. The van der Waals surface area contributed by atoms with E-state index in [4.69, 9.17) is 0 Å². The van der Waals surface area contributed by atoms with Gasteiger partial charge in [0.05, 0.1) is 6.04 Å². The van der Waals surface area contributed by atoms with Crippen molar-refractivity contribution in [2.75, 3.05) is 0 Å². The first-order valence-corrected chi connectivity index (χ1v) is 8.48. The van der Waals surface area contributed by atoms with Crippen molar-refractivity contribution < 1.29 is 22.7 Å². The fraction of sp³-hybridized carbons (Fsp3) is 0.350. The molecule has 0 fully saturated rings. The standard InChI is InChI=1S/C20H20F3NO2/c1-4-14-9-12(2)18-16(10-14)11-24(19(18)25)13(3)15-5-7-17(8-6-15)26-20(21,22)23/h5-10,13H,4,11H2,1-3H3. The van der Waals surface area contributed by atoms with E-state index in [2.05, 4.69) is 17.7 Å². The Morgan fingerprint density at radius 1 is 1.19 bits per heavy atom. The highest BCUT2D eigenvalue weighted by Crippen LogP contribution is 2.34. The smallest absolute Gasteiger partial charge is 0.406 e. The Bertz CT molecular complexity index is 828. The van der Waals surface area contributed by atoms with Crippen LogP contribution in [0.25, 0.3) is 0 Å². The SMILES string of the molecule is CCc1cc(C)c2c(c1)CN(C(C)c1ccc(OC(F)(F)F)cc1)C2=O. The van der Waals surface area contributed by atoms with Gasteiger partial charge < -0.3 is 9.64 Å². The number of aryl methyl sites for hydroxylation is 2. The number of rotatable bonds is 4. The maximum Gasteiger partial charge on any atom is 0.573 e. The van der Waals surface area contributed by atoms with Crippen LogP contribution in [0.3, 0.4) is 0 Å². The summed E-state index contributed by atoms with van der Waals surface area (Å²) in [6.45, 7) is 6.39. The minimum atomic E-state index is -4.71. The van der Waals surface area contributed by atoms with E-state index in [9.17, 15) is 18.0 Å². The van der Waals surface area contributed by atoms with Gasteiger partial charge in [-0.3, -0.25) is 4.79 Å². The molecule has 138 valence electrons.